The van der Waals surface area contributed by atoms with Gasteiger partial charge in [-0.2, -0.15) is 0 Å². The first-order valence-corrected chi connectivity index (χ1v) is 10.2. The van der Waals surface area contributed by atoms with Crippen molar-refractivity contribution in [3.05, 3.63) is 101 Å². The molecule has 0 saturated heterocycles. The standard InChI is InChI=1S/C24H23ClFN3O2/c1-17(24(31)28-15-20-3-2-12-27-14-20)29(16-19-6-10-22(26)11-7-19)23(30)13-18-4-8-21(25)9-5-18/h2-12,14,17H,13,15-16H2,1H3,(H,28,31)/t17-/m1/s1. The van der Waals surface area contributed by atoms with Gasteiger partial charge in [-0.05, 0) is 53.9 Å². The van der Waals surface area contributed by atoms with Crippen molar-refractivity contribution in [2.45, 2.75) is 32.5 Å². The van der Waals surface area contributed by atoms with Crippen LogP contribution in [0.1, 0.15) is 23.6 Å². The third-order valence-corrected chi connectivity index (χ3v) is 5.14. The number of rotatable bonds is 8. The van der Waals surface area contributed by atoms with Crippen LogP contribution in [0, 0.1) is 5.82 Å². The van der Waals surface area contributed by atoms with Gasteiger partial charge in [0.25, 0.3) is 0 Å². The Morgan fingerprint density at radius 1 is 1.03 bits per heavy atom. The van der Waals surface area contributed by atoms with Crippen molar-refractivity contribution in [3.8, 4) is 0 Å². The summed E-state index contributed by atoms with van der Waals surface area (Å²) in [6.07, 6.45) is 3.46. The van der Waals surface area contributed by atoms with Crippen molar-refractivity contribution in [3.63, 3.8) is 0 Å². The summed E-state index contributed by atoms with van der Waals surface area (Å²) in [6.45, 7) is 2.18. The monoisotopic (exact) mass is 439 g/mol. The fraction of sp³-hybridized carbons (Fsp3) is 0.208. The minimum atomic E-state index is -0.721. The Hall–Kier alpha value is -3.25. The quantitative estimate of drug-likeness (QED) is 0.573. The van der Waals surface area contributed by atoms with Crippen LogP contribution in [0.2, 0.25) is 5.02 Å². The second kappa shape index (κ2) is 10.7. The number of hydrogen-bond donors (Lipinski definition) is 1. The molecule has 0 aliphatic carbocycles. The molecule has 0 radical (unpaired) electrons. The summed E-state index contributed by atoms with van der Waals surface area (Å²) in [6, 6.07) is 15.8. The van der Waals surface area contributed by atoms with Crippen LogP contribution >= 0.6 is 11.6 Å². The summed E-state index contributed by atoms with van der Waals surface area (Å²) >= 11 is 5.92. The molecule has 0 aliphatic heterocycles. The van der Waals surface area contributed by atoms with Crippen molar-refractivity contribution >= 4 is 23.4 Å². The van der Waals surface area contributed by atoms with E-state index in [-0.39, 0.29) is 30.6 Å². The predicted molar refractivity (Wildman–Crippen MR) is 118 cm³/mol. The first-order chi connectivity index (χ1) is 14.9. The minimum Gasteiger partial charge on any atom is -0.350 e. The number of carbonyl (C=O) groups is 2. The molecule has 0 unspecified atom stereocenters. The summed E-state index contributed by atoms with van der Waals surface area (Å²) in [5, 5.41) is 3.44. The highest BCUT2D eigenvalue weighted by Gasteiger charge is 2.26. The lowest BCUT2D eigenvalue weighted by atomic mass is 10.1. The van der Waals surface area contributed by atoms with Crippen LogP contribution in [0.3, 0.4) is 0 Å². The van der Waals surface area contributed by atoms with Crippen LogP contribution in [-0.2, 0) is 29.1 Å². The molecule has 7 heteroatoms. The number of nitrogens with one attached hydrogen (secondary N) is 1. The number of aromatic nitrogens is 1. The molecule has 5 nitrogen and oxygen atoms in total. The second-order valence-electron chi connectivity index (χ2n) is 7.21. The number of amides is 2. The molecule has 2 aromatic carbocycles. The smallest absolute Gasteiger partial charge is 0.242 e. The van der Waals surface area contributed by atoms with E-state index < -0.39 is 6.04 Å². The summed E-state index contributed by atoms with van der Waals surface area (Å²) in [7, 11) is 0. The van der Waals surface area contributed by atoms with Crippen molar-refractivity contribution < 1.29 is 14.0 Å². The summed E-state index contributed by atoms with van der Waals surface area (Å²) < 4.78 is 13.3. The molecule has 0 bridgehead atoms. The Balaban J connectivity index is 1.74. The lowest BCUT2D eigenvalue weighted by Gasteiger charge is -2.29. The van der Waals surface area contributed by atoms with E-state index in [4.69, 9.17) is 11.6 Å². The van der Waals surface area contributed by atoms with Gasteiger partial charge < -0.3 is 10.2 Å². The molecule has 160 valence electrons. The number of carbonyl (C=O) groups excluding carboxylic acids is 2. The van der Waals surface area contributed by atoms with E-state index in [1.807, 2.05) is 6.07 Å². The van der Waals surface area contributed by atoms with E-state index in [2.05, 4.69) is 10.3 Å². The molecule has 1 aromatic heterocycles. The van der Waals surface area contributed by atoms with Crippen LogP contribution in [0.25, 0.3) is 0 Å². The molecule has 31 heavy (non-hydrogen) atoms. The SMILES string of the molecule is C[C@H](C(=O)NCc1cccnc1)N(Cc1ccc(F)cc1)C(=O)Cc1ccc(Cl)cc1. The van der Waals surface area contributed by atoms with Crippen LogP contribution in [0.5, 0.6) is 0 Å². The summed E-state index contributed by atoms with van der Waals surface area (Å²) in [5.74, 6) is -0.851. The van der Waals surface area contributed by atoms with Crippen LogP contribution in [0.4, 0.5) is 4.39 Å². The van der Waals surface area contributed by atoms with E-state index >= 15 is 0 Å². The minimum absolute atomic E-state index is 0.124. The second-order valence-corrected chi connectivity index (χ2v) is 7.64. The molecule has 0 aliphatic rings. The molecular weight excluding hydrogens is 417 g/mol. The van der Waals surface area contributed by atoms with Crippen LogP contribution < -0.4 is 5.32 Å². The van der Waals surface area contributed by atoms with Crippen molar-refractivity contribution in [2.75, 3.05) is 0 Å². The lowest BCUT2D eigenvalue weighted by molar-refractivity contribution is -0.140. The van der Waals surface area contributed by atoms with Gasteiger partial charge in [0.2, 0.25) is 11.8 Å². The zero-order chi connectivity index (χ0) is 22.2. The predicted octanol–water partition coefficient (Wildman–Crippen LogP) is 4.15. The van der Waals surface area contributed by atoms with Gasteiger partial charge in [0, 0.05) is 30.5 Å². The number of benzene rings is 2. The summed E-state index contributed by atoms with van der Waals surface area (Å²) in [5.41, 5.74) is 2.39. The fourth-order valence-corrected chi connectivity index (χ4v) is 3.21. The van der Waals surface area contributed by atoms with Crippen molar-refractivity contribution in [1.29, 1.82) is 0 Å². The molecule has 0 spiro atoms. The van der Waals surface area contributed by atoms with Gasteiger partial charge in [0.1, 0.15) is 11.9 Å². The number of halogens is 2. The molecule has 3 aromatic rings. The highest BCUT2D eigenvalue weighted by Crippen LogP contribution is 2.15. The van der Waals surface area contributed by atoms with Gasteiger partial charge in [-0.1, -0.05) is 41.9 Å². The number of hydrogen-bond acceptors (Lipinski definition) is 3. The average Bonchev–Trinajstić information content (AvgIpc) is 2.78. The Morgan fingerprint density at radius 2 is 1.71 bits per heavy atom. The third-order valence-electron chi connectivity index (χ3n) is 4.89. The van der Waals surface area contributed by atoms with E-state index in [0.717, 1.165) is 16.7 Å². The largest absolute Gasteiger partial charge is 0.350 e. The Bertz CT molecular complexity index is 1010. The fourth-order valence-electron chi connectivity index (χ4n) is 3.09. The van der Waals surface area contributed by atoms with Crippen LogP contribution in [-0.4, -0.2) is 27.7 Å². The van der Waals surface area contributed by atoms with Crippen LogP contribution in [0.15, 0.2) is 73.1 Å². The summed E-state index contributed by atoms with van der Waals surface area (Å²) in [4.78, 5) is 31.5. The average molecular weight is 440 g/mol. The van der Waals surface area contributed by atoms with Gasteiger partial charge in [0.05, 0.1) is 6.42 Å². The molecule has 1 heterocycles. The highest BCUT2D eigenvalue weighted by molar-refractivity contribution is 6.30. The van der Waals surface area contributed by atoms with Crippen molar-refractivity contribution in [2.24, 2.45) is 0 Å². The Kier molecular flexibility index (Phi) is 7.73. The van der Waals surface area contributed by atoms with Gasteiger partial charge in [0.15, 0.2) is 0 Å². The number of pyridine rings is 1. The zero-order valence-electron chi connectivity index (χ0n) is 17.1. The maximum Gasteiger partial charge on any atom is 0.242 e. The molecular formula is C24H23ClFN3O2. The Morgan fingerprint density at radius 3 is 2.35 bits per heavy atom. The normalized spacial score (nSPS) is 11.6. The molecule has 1 N–H and O–H groups in total. The van der Waals surface area contributed by atoms with E-state index in [1.54, 1.807) is 61.8 Å². The topological polar surface area (TPSA) is 62.3 Å². The van der Waals surface area contributed by atoms with E-state index in [1.165, 1.54) is 17.0 Å². The maximum atomic E-state index is 13.3. The maximum absolute atomic E-state index is 13.3. The molecule has 0 saturated carbocycles. The highest BCUT2D eigenvalue weighted by atomic mass is 35.5. The van der Waals surface area contributed by atoms with Gasteiger partial charge in [-0.3, -0.25) is 14.6 Å². The number of nitrogens with zero attached hydrogens (tertiary/aromatic N) is 2. The lowest BCUT2D eigenvalue weighted by Crippen LogP contribution is -2.48. The Labute approximate surface area is 185 Å². The molecule has 1 atom stereocenters. The van der Waals surface area contributed by atoms with Gasteiger partial charge in [-0.15, -0.1) is 0 Å². The molecule has 3 rings (SSSR count). The first kappa shape index (κ1) is 22.4. The van der Waals surface area contributed by atoms with Crippen molar-refractivity contribution in [1.82, 2.24) is 15.2 Å². The molecule has 0 fully saturated rings. The third kappa shape index (κ3) is 6.62. The van der Waals surface area contributed by atoms with E-state index in [9.17, 15) is 14.0 Å². The van der Waals surface area contributed by atoms with Gasteiger partial charge >= 0.3 is 0 Å². The van der Waals surface area contributed by atoms with Gasteiger partial charge in [-0.25, -0.2) is 4.39 Å². The first-order valence-electron chi connectivity index (χ1n) is 9.87. The zero-order valence-corrected chi connectivity index (χ0v) is 17.8. The molecule has 2 amide bonds. The van der Waals surface area contributed by atoms with E-state index in [0.29, 0.717) is 11.6 Å².